The number of carboxylic acids is 1. The number of nitrogens with one attached hydrogen (secondary N) is 2. The number of methoxy groups -OCH3 is 1. The maximum absolute atomic E-state index is 14.4. The summed E-state index contributed by atoms with van der Waals surface area (Å²) in [6.07, 6.45) is 0. The highest BCUT2D eigenvalue weighted by molar-refractivity contribution is 6.13. The molecule has 0 spiro atoms. The molecule has 5 rings (SSSR count). The maximum atomic E-state index is 14.4. The van der Waals surface area contributed by atoms with E-state index in [2.05, 4.69) is 10.6 Å². The first-order valence-electron chi connectivity index (χ1n) is 14.0. The molecule has 226 valence electrons. The van der Waals surface area contributed by atoms with Gasteiger partial charge in [-0.15, -0.1) is 0 Å². The second kappa shape index (κ2) is 12.4. The summed E-state index contributed by atoms with van der Waals surface area (Å²) in [7, 11) is 3.16. The van der Waals surface area contributed by atoms with Crippen molar-refractivity contribution < 1.29 is 29.0 Å². The maximum Gasteiger partial charge on any atom is 0.335 e. The third-order valence-corrected chi connectivity index (χ3v) is 7.81. The molecule has 2 atom stereocenters. The van der Waals surface area contributed by atoms with Crippen LogP contribution in [0.25, 0.3) is 10.8 Å². The number of hydrogen-bond acceptors (Lipinski definition) is 7. The zero-order valence-corrected chi connectivity index (χ0v) is 24.5. The molecule has 4 aromatic rings. The van der Waals surface area contributed by atoms with Crippen molar-refractivity contribution in [1.29, 1.82) is 0 Å². The Morgan fingerprint density at radius 2 is 1.68 bits per heavy atom. The lowest BCUT2D eigenvalue weighted by Crippen LogP contribution is -2.55. The summed E-state index contributed by atoms with van der Waals surface area (Å²) in [5.41, 5.74) is 8.43. The van der Waals surface area contributed by atoms with Gasteiger partial charge in [0.05, 0.1) is 43.2 Å². The summed E-state index contributed by atoms with van der Waals surface area (Å²) in [5.74, 6) is -1.75. The van der Waals surface area contributed by atoms with E-state index in [1.165, 1.54) is 23.0 Å². The number of carboxylic acid groups (broad SMARTS) is 1. The largest absolute Gasteiger partial charge is 0.496 e. The molecule has 3 amide bonds. The monoisotopic (exact) mass is 595 g/mol. The number of rotatable bonds is 8. The van der Waals surface area contributed by atoms with Crippen LogP contribution in [-0.4, -0.2) is 61.6 Å². The van der Waals surface area contributed by atoms with E-state index in [1.807, 2.05) is 0 Å². The van der Waals surface area contributed by atoms with E-state index in [0.717, 1.165) is 0 Å². The number of nitrogen functional groups attached to an aromatic ring is 1. The number of nitrogens with two attached hydrogens (primary N) is 1. The topological polar surface area (TPSA) is 154 Å². The van der Waals surface area contributed by atoms with Crippen molar-refractivity contribution in [1.82, 2.24) is 10.6 Å². The number of carbonyl (C=O) groups excluding carboxylic acids is 3. The Balaban J connectivity index is 1.65. The van der Waals surface area contributed by atoms with Crippen LogP contribution in [0.3, 0.4) is 0 Å². The number of nitrogens with zero attached hydrogens (tertiary/aromatic N) is 2. The predicted molar refractivity (Wildman–Crippen MR) is 168 cm³/mol. The zero-order chi connectivity index (χ0) is 31.5. The van der Waals surface area contributed by atoms with Crippen LogP contribution in [0, 0.1) is 0 Å². The van der Waals surface area contributed by atoms with E-state index in [1.54, 1.807) is 86.8 Å². The molecule has 4 aromatic carbocycles. The average Bonchev–Trinajstić information content (AvgIpc) is 3.14. The summed E-state index contributed by atoms with van der Waals surface area (Å²) < 4.78 is 5.68. The number of ether oxygens (including phenoxy) is 1. The zero-order valence-electron chi connectivity index (χ0n) is 24.5. The summed E-state index contributed by atoms with van der Waals surface area (Å²) in [6, 6.07) is 20.1. The van der Waals surface area contributed by atoms with Crippen LogP contribution in [-0.2, 0) is 16.1 Å². The molecule has 2 unspecified atom stereocenters. The number of anilines is 3. The summed E-state index contributed by atoms with van der Waals surface area (Å²) >= 11 is 0. The molecule has 1 heterocycles. The first-order valence-corrected chi connectivity index (χ1v) is 14.0. The van der Waals surface area contributed by atoms with E-state index in [0.29, 0.717) is 44.7 Å². The molecule has 1 aliphatic heterocycles. The number of aromatic carboxylic acids is 1. The van der Waals surface area contributed by atoms with Crippen LogP contribution in [0.1, 0.15) is 33.2 Å². The molecule has 0 saturated heterocycles. The average molecular weight is 596 g/mol. The number of para-hydroxylation sites is 2. The molecule has 1 aliphatic rings. The van der Waals surface area contributed by atoms with E-state index in [4.69, 9.17) is 10.5 Å². The van der Waals surface area contributed by atoms with Crippen molar-refractivity contribution in [3.8, 4) is 5.75 Å². The first-order chi connectivity index (χ1) is 21.1. The number of carbonyl (C=O) groups is 4. The van der Waals surface area contributed by atoms with Gasteiger partial charge in [-0.3, -0.25) is 14.4 Å². The Morgan fingerprint density at radius 3 is 2.34 bits per heavy atom. The first kappa shape index (κ1) is 30.1. The van der Waals surface area contributed by atoms with Gasteiger partial charge in [-0.05, 0) is 79.3 Å². The van der Waals surface area contributed by atoms with Gasteiger partial charge in [-0.1, -0.05) is 24.3 Å². The Morgan fingerprint density at radius 1 is 1.00 bits per heavy atom. The molecule has 11 nitrogen and oxygen atoms in total. The van der Waals surface area contributed by atoms with Gasteiger partial charge < -0.3 is 36.0 Å². The van der Waals surface area contributed by atoms with E-state index < -0.39 is 29.9 Å². The van der Waals surface area contributed by atoms with E-state index in [-0.39, 0.29) is 24.6 Å². The minimum Gasteiger partial charge on any atom is -0.496 e. The fourth-order valence-corrected chi connectivity index (χ4v) is 5.28. The van der Waals surface area contributed by atoms with Crippen LogP contribution in [0.5, 0.6) is 5.75 Å². The molecule has 0 saturated carbocycles. The van der Waals surface area contributed by atoms with Gasteiger partial charge in [0, 0.05) is 16.8 Å². The van der Waals surface area contributed by atoms with Gasteiger partial charge in [0.1, 0.15) is 11.8 Å². The molecule has 0 aliphatic carbocycles. The van der Waals surface area contributed by atoms with Crippen molar-refractivity contribution in [3.05, 3.63) is 95.6 Å². The van der Waals surface area contributed by atoms with Gasteiger partial charge in [-0.2, -0.15) is 0 Å². The van der Waals surface area contributed by atoms with Crippen LogP contribution in [0.4, 0.5) is 17.1 Å². The van der Waals surface area contributed by atoms with E-state index >= 15 is 0 Å². The molecule has 11 heteroatoms. The number of amides is 3. The van der Waals surface area contributed by atoms with Gasteiger partial charge in [0.25, 0.3) is 11.8 Å². The Kier molecular flexibility index (Phi) is 8.50. The molecular formula is C33H33N5O6. The quantitative estimate of drug-likeness (QED) is 0.226. The smallest absolute Gasteiger partial charge is 0.335 e. The Bertz CT molecular complexity index is 1760. The standard InChI is InChI=1S/C33H33N5O6/c1-19(35-2)30(39)36-26-18-38(31(40)20-8-12-23(34)13-9-20)28-7-5-4-6-27(28)37(32(26)41)17-25-24-14-10-22(33(42)43)16-21(24)11-15-29(25)44-3/h4-16,19,26,35H,17-18,34H2,1-3H3,(H,36,39)(H,42,43). The highest BCUT2D eigenvalue weighted by atomic mass is 16.5. The van der Waals surface area contributed by atoms with E-state index in [9.17, 15) is 24.3 Å². The predicted octanol–water partition coefficient (Wildman–Crippen LogP) is 3.42. The molecular weight excluding hydrogens is 562 g/mol. The van der Waals surface area contributed by atoms with Crippen molar-refractivity contribution >= 4 is 51.5 Å². The Labute approximate surface area is 254 Å². The second-order valence-electron chi connectivity index (χ2n) is 10.5. The fourth-order valence-electron chi connectivity index (χ4n) is 5.28. The van der Waals surface area contributed by atoms with Crippen molar-refractivity contribution in [2.45, 2.75) is 25.6 Å². The molecule has 0 fully saturated rings. The molecule has 0 aromatic heterocycles. The number of fused-ring (bicyclic) bond motifs is 2. The SMILES string of the molecule is CNC(C)C(=O)NC1CN(C(=O)c2ccc(N)cc2)c2ccccc2N(Cc2c(OC)ccc3cc(C(=O)O)ccc23)C1=O. The van der Waals surface area contributed by atoms with Gasteiger partial charge >= 0.3 is 5.97 Å². The molecule has 0 radical (unpaired) electrons. The lowest BCUT2D eigenvalue weighted by atomic mass is 10.00. The molecule has 44 heavy (non-hydrogen) atoms. The molecule has 0 bridgehead atoms. The fraction of sp³-hybridized carbons (Fsp3) is 0.212. The number of benzene rings is 4. The number of likely N-dealkylation sites (N-methyl/N-ethyl adjacent to an activating group) is 1. The summed E-state index contributed by atoms with van der Waals surface area (Å²) in [6.45, 7) is 1.57. The van der Waals surface area contributed by atoms with Crippen molar-refractivity contribution in [2.75, 3.05) is 36.2 Å². The summed E-state index contributed by atoms with van der Waals surface area (Å²) in [4.78, 5) is 56.1. The lowest BCUT2D eigenvalue weighted by Gasteiger charge is -2.27. The second-order valence-corrected chi connectivity index (χ2v) is 10.5. The minimum atomic E-state index is -1.09. The van der Waals surface area contributed by atoms with Crippen LogP contribution >= 0.6 is 0 Å². The van der Waals surface area contributed by atoms with Crippen molar-refractivity contribution in [2.24, 2.45) is 0 Å². The Hall–Kier alpha value is -5.42. The minimum absolute atomic E-state index is 0.0145. The lowest BCUT2D eigenvalue weighted by molar-refractivity contribution is -0.128. The normalized spacial score (nSPS) is 15.3. The van der Waals surface area contributed by atoms with Crippen LogP contribution in [0.2, 0.25) is 0 Å². The summed E-state index contributed by atoms with van der Waals surface area (Å²) in [5, 5.41) is 16.6. The number of hydrogen-bond donors (Lipinski definition) is 4. The molecule has 5 N–H and O–H groups in total. The third kappa shape index (κ3) is 5.77. The van der Waals surface area contributed by atoms with Gasteiger partial charge in [-0.25, -0.2) is 4.79 Å². The van der Waals surface area contributed by atoms with Crippen molar-refractivity contribution in [3.63, 3.8) is 0 Å². The highest BCUT2D eigenvalue weighted by Crippen LogP contribution is 2.37. The van der Waals surface area contributed by atoms with Crippen LogP contribution in [0.15, 0.2) is 78.9 Å². The van der Waals surface area contributed by atoms with Gasteiger partial charge in [0.2, 0.25) is 5.91 Å². The van der Waals surface area contributed by atoms with Gasteiger partial charge in [0.15, 0.2) is 0 Å². The highest BCUT2D eigenvalue weighted by Gasteiger charge is 2.38. The third-order valence-electron chi connectivity index (χ3n) is 7.81. The van der Waals surface area contributed by atoms with Crippen LogP contribution < -0.4 is 30.9 Å².